The molecule has 3 heteroatoms. The van der Waals surface area contributed by atoms with E-state index in [1.807, 2.05) is 24.4 Å². The highest BCUT2D eigenvalue weighted by atomic mass is 16.5. The largest absolute Gasteiger partial charge is 0.387 e. The van der Waals surface area contributed by atoms with Crippen LogP contribution in [0.2, 0.25) is 0 Å². The van der Waals surface area contributed by atoms with Crippen molar-refractivity contribution < 1.29 is 4.74 Å². The van der Waals surface area contributed by atoms with Gasteiger partial charge in [0.15, 0.2) is 0 Å². The van der Waals surface area contributed by atoms with Crippen LogP contribution in [0.4, 0.5) is 0 Å². The van der Waals surface area contributed by atoms with Crippen molar-refractivity contribution in [1.29, 1.82) is 5.41 Å². The van der Waals surface area contributed by atoms with Gasteiger partial charge in [-0.2, -0.15) is 0 Å². The van der Waals surface area contributed by atoms with Crippen LogP contribution in [0.5, 0.6) is 0 Å². The van der Waals surface area contributed by atoms with E-state index in [0.29, 0.717) is 17.9 Å². The molecule has 2 N–H and O–H groups in total. The van der Waals surface area contributed by atoms with Gasteiger partial charge >= 0.3 is 0 Å². The van der Waals surface area contributed by atoms with E-state index in [2.05, 4.69) is 5.32 Å². The van der Waals surface area contributed by atoms with Gasteiger partial charge in [-0.05, 0) is 18.9 Å². The van der Waals surface area contributed by atoms with Crippen LogP contribution in [-0.2, 0) is 4.74 Å². The summed E-state index contributed by atoms with van der Waals surface area (Å²) in [5.74, 6) is 0. The number of rotatable bonds is 3. The number of hydrogen-bond donors (Lipinski definition) is 2. The third-order valence-electron chi connectivity index (χ3n) is 2.86. The molecule has 3 nitrogen and oxygen atoms in total. The highest BCUT2D eigenvalue weighted by Crippen LogP contribution is 2.22. The van der Waals surface area contributed by atoms with Gasteiger partial charge in [0, 0.05) is 24.9 Å². The molecule has 0 bridgehead atoms. The Kier molecular flexibility index (Phi) is 3.02. The fourth-order valence-electron chi connectivity index (χ4n) is 1.72. The molecule has 80 valence electrons. The Morgan fingerprint density at radius 2 is 2.13 bits per heavy atom. The molecule has 0 aliphatic heterocycles. The first-order valence-electron chi connectivity index (χ1n) is 5.22. The first kappa shape index (κ1) is 10.2. The molecular weight excluding hydrogens is 188 g/mol. The molecule has 0 unspecified atom stereocenters. The number of allylic oxidation sites excluding steroid dienone is 5. The molecule has 2 aliphatic carbocycles. The molecule has 0 aromatic rings. The molecule has 0 saturated heterocycles. The second-order valence-electron chi connectivity index (χ2n) is 3.92. The Hall–Kier alpha value is -1.35. The minimum Gasteiger partial charge on any atom is -0.387 e. The first-order valence-corrected chi connectivity index (χ1v) is 5.22. The van der Waals surface area contributed by atoms with Crippen LogP contribution in [0.25, 0.3) is 0 Å². The maximum Gasteiger partial charge on any atom is 0.0626 e. The number of ether oxygens (including phenoxy) is 1. The quantitative estimate of drug-likeness (QED) is 0.736. The Bertz CT molecular complexity index is 336. The normalized spacial score (nSPS) is 31.8. The van der Waals surface area contributed by atoms with Gasteiger partial charge in [-0.25, -0.2) is 0 Å². The smallest absolute Gasteiger partial charge is 0.0626 e. The zero-order valence-electron chi connectivity index (χ0n) is 8.86. The second kappa shape index (κ2) is 4.45. The number of hydrogen-bond acceptors (Lipinski definition) is 3. The van der Waals surface area contributed by atoms with Crippen molar-refractivity contribution in [2.24, 2.45) is 0 Å². The van der Waals surface area contributed by atoms with E-state index >= 15 is 0 Å². The Morgan fingerprint density at radius 1 is 1.40 bits per heavy atom. The lowest BCUT2D eigenvalue weighted by molar-refractivity contribution is 0.0211. The van der Waals surface area contributed by atoms with E-state index < -0.39 is 0 Å². The lowest BCUT2D eigenvalue weighted by atomic mass is 9.89. The van der Waals surface area contributed by atoms with Crippen LogP contribution in [0, 0.1) is 5.41 Å². The Labute approximate surface area is 90.0 Å². The maximum absolute atomic E-state index is 7.67. The molecule has 0 aromatic carbocycles. The Balaban J connectivity index is 1.82. The van der Waals surface area contributed by atoms with E-state index in [9.17, 15) is 0 Å². The maximum atomic E-state index is 7.67. The lowest BCUT2D eigenvalue weighted by Crippen LogP contribution is -2.43. The highest BCUT2D eigenvalue weighted by Gasteiger charge is 2.27. The molecule has 0 radical (unpaired) electrons. The van der Waals surface area contributed by atoms with Crippen LogP contribution >= 0.6 is 0 Å². The predicted octanol–water partition coefficient (Wildman–Crippen LogP) is 1.78. The SMILES string of the molecule is COC1CC(N/C=C2/C=CC=CC2=N)C1. The summed E-state index contributed by atoms with van der Waals surface area (Å²) in [7, 11) is 1.75. The van der Waals surface area contributed by atoms with E-state index in [4.69, 9.17) is 10.1 Å². The molecule has 1 fully saturated rings. The van der Waals surface area contributed by atoms with E-state index in [0.717, 1.165) is 18.4 Å². The van der Waals surface area contributed by atoms with Crippen LogP contribution < -0.4 is 5.32 Å². The fourth-order valence-corrected chi connectivity index (χ4v) is 1.72. The van der Waals surface area contributed by atoms with E-state index in [-0.39, 0.29) is 0 Å². The van der Waals surface area contributed by atoms with E-state index in [1.54, 1.807) is 13.2 Å². The monoisotopic (exact) mass is 204 g/mol. The molecule has 0 heterocycles. The highest BCUT2D eigenvalue weighted by molar-refractivity contribution is 6.09. The van der Waals surface area contributed by atoms with Crippen LogP contribution in [-0.4, -0.2) is 25.0 Å². The average molecular weight is 204 g/mol. The molecule has 2 rings (SSSR count). The van der Waals surface area contributed by atoms with Crippen molar-refractivity contribution in [2.45, 2.75) is 25.0 Å². The van der Waals surface area contributed by atoms with Crippen LogP contribution in [0.1, 0.15) is 12.8 Å². The minimum absolute atomic E-state index is 0.419. The zero-order valence-corrected chi connectivity index (χ0v) is 8.86. The average Bonchev–Trinajstić information content (AvgIpc) is 2.18. The van der Waals surface area contributed by atoms with Crippen molar-refractivity contribution in [3.8, 4) is 0 Å². The summed E-state index contributed by atoms with van der Waals surface area (Å²) < 4.78 is 5.20. The summed E-state index contributed by atoms with van der Waals surface area (Å²) in [5.41, 5.74) is 1.51. The molecule has 0 atom stereocenters. The van der Waals surface area contributed by atoms with E-state index in [1.165, 1.54) is 0 Å². The van der Waals surface area contributed by atoms with Crippen molar-refractivity contribution in [1.82, 2.24) is 5.32 Å². The van der Waals surface area contributed by atoms with Gasteiger partial charge in [-0.15, -0.1) is 0 Å². The van der Waals surface area contributed by atoms with Crippen LogP contribution in [0.3, 0.4) is 0 Å². The fraction of sp³-hybridized carbons (Fsp3) is 0.417. The Morgan fingerprint density at radius 3 is 2.80 bits per heavy atom. The molecule has 0 amide bonds. The standard InChI is InChI=1S/C12H16N2O/c1-15-11-6-10(7-11)14-8-9-4-2-3-5-12(9)13/h2-5,8,10-11,13-14H,6-7H2,1H3/b9-8-,13-12?. The van der Waals surface area contributed by atoms with Gasteiger partial charge < -0.3 is 15.5 Å². The van der Waals surface area contributed by atoms with Crippen molar-refractivity contribution in [2.75, 3.05) is 7.11 Å². The van der Waals surface area contributed by atoms with Gasteiger partial charge in [0.2, 0.25) is 0 Å². The molecular formula is C12H16N2O. The topological polar surface area (TPSA) is 45.1 Å². The number of methoxy groups -OCH3 is 1. The number of nitrogens with one attached hydrogen (secondary N) is 2. The molecule has 2 aliphatic rings. The second-order valence-corrected chi connectivity index (χ2v) is 3.92. The molecule has 0 spiro atoms. The van der Waals surface area contributed by atoms with Crippen LogP contribution in [0.15, 0.2) is 36.1 Å². The van der Waals surface area contributed by atoms with Crippen molar-refractivity contribution in [3.63, 3.8) is 0 Å². The summed E-state index contributed by atoms with van der Waals surface area (Å²) >= 11 is 0. The van der Waals surface area contributed by atoms with Crippen molar-refractivity contribution in [3.05, 3.63) is 36.1 Å². The predicted molar refractivity (Wildman–Crippen MR) is 61.0 cm³/mol. The van der Waals surface area contributed by atoms with Gasteiger partial charge in [-0.3, -0.25) is 0 Å². The van der Waals surface area contributed by atoms with Gasteiger partial charge in [-0.1, -0.05) is 18.2 Å². The third-order valence-corrected chi connectivity index (χ3v) is 2.86. The lowest BCUT2D eigenvalue weighted by Gasteiger charge is -2.34. The minimum atomic E-state index is 0.419. The van der Waals surface area contributed by atoms with Gasteiger partial charge in [0.25, 0.3) is 0 Å². The summed E-state index contributed by atoms with van der Waals surface area (Å²) in [5, 5.41) is 11.0. The molecule has 15 heavy (non-hydrogen) atoms. The summed E-state index contributed by atoms with van der Waals surface area (Å²) in [6.45, 7) is 0. The molecule has 1 saturated carbocycles. The van der Waals surface area contributed by atoms with Gasteiger partial charge in [0.05, 0.1) is 11.8 Å². The summed E-state index contributed by atoms with van der Waals surface area (Å²) in [6.07, 6.45) is 12.0. The molecule has 0 aromatic heterocycles. The van der Waals surface area contributed by atoms with Gasteiger partial charge in [0.1, 0.15) is 0 Å². The zero-order chi connectivity index (χ0) is 10.7. The summed E-state index contributed by atoms with van der Waals surface area (Å²) in [4.78, 5) is 0. The third kappa shape index (κ3) is 2.36. The first-order chi connectivity index (χ1) is 7.29. The van der Waals surface area contributed by atoms with Crippen molar-refractivity contribution >= 4 is 5.71 Å². The summed E-state index contributed by atoms with van der Waals surface area (Å²) in [6, 6.07) is 0.509.